The van der Waals surface area contributed by atoms with E-state index in [2.05, 4.69) is 89.2 Å². The molecule has 3 heteroatoms. The van der Waals surface area contributed by atoms with Crippen LogP contribution in [0.1, 0.15) is 0 Å². The Hall–Kier alpha value is -3.46. The summed E-state index contributed by atoms with van der Waals surface area (Å²) in [6, 6.07) is 29.2. The molecule has 5 aromatic rings. The number of rotatable bonds is 2. The lowest BCUT2D eigenvalue weighted by Crippen LogP contribution is -1.95. The number of benzene rings is 4. The van der Waals surface area contributed by atoms with E-state index < -0.39 is 0 Å². The van der Waals surface area contributed by atoms with E-state index >= 15 is 0 Å². The molecule has 0 bridgehead atoms. The lowest BCUT2D eigenvalue weighted by atomic mass is 10.0. The van der Waals surface area contributed by atoms with Crippen molar-refractivity contribution in [2.24, 2.45) is 0 Å². The first-order valence-electron chi connectivity index (χ1n) is 8.29. The van der Waals surface area contributed by atoms with E-state index in [-0.39, 0.29) is 0 Å². The van der Waals surface area contributed by atoms with Crippen molar-refractivity contribution in [3.8, 4) is 16.9 Å². The van der Waals surface area contributed by atoms with Crippen molar-refractivity contribution >= 4 is 21.5 Å². The Balaban J connectivity index is 1.69. The molecule has 0 amide bonds. The standard InChI is InChI=1S/C22H15N3/c1-3-11-18-16(7-1)9-5-13-20(18)21-15-25(24-23-21)22-14-6-10-17-8-2-4-12-19(17)22/h1-15H. The van der Waals surface area contributed by atoms with Gasteiger partial charge in [0.15, 0.2) is 0 Å². The van der Waals surface area contributed by atoms with Crippen molar-refractivity contribution in [2.75, 3.05) is 0 Å². The van der Waals surface area contributed by atoms with Gasteiger partial charge in [0.1, 0.15) is 5.69 Å². The first-order chi connectivity index (χ1) is 12.4. The second-order valence-corrected chi connectivity index (χ2v) is 6.07. The van der Waals surface area contributed by atoms with Crippen LogP contribution in [-0.4, -0.2) is 15.0 Å². The second-order valence-electron chi connectivity index (χ2n) is 6.07. The molecule has 4 aromatic carbocycles. The van der Waals surface area contributed by atoms with E-state index in [9.17, 15) is 0 Å². The third kappa shape index (κ3) is 2.29. The summed E-state index contributed by atoms with van der Waals surface area (Å²) in [7, 11) is 0. The molecular weight excluding hydrogens is 306 g/mol. The highest BCUT2D eigenvalue weighted by atomic mass is 15.4. The Morgan fingerprint density at radius 2 is 1.24 bits per heavy atom. The Morgan fingerprint density at radius 1 is 0.600 bits per heavy atom. The van der Waals surface area contributed by atoms with Crippen LogP contribution in [-0.2, 0) is 0 Å². The molecule has 0 aliphatic heterocycles. The largest absolute Gasteiger partial charge is 0.219 e. The number of hydrogen-bond acceptors (Lipinski definition) is 2. The van der Waals surface area contributed by atoms with Gasteiger partial charge in [-0.3, -0.25) is 0 Å². The summed E-state index contributed by atoms with van der Waals surface area (Å²) in [6.45, 7) is 0. The summed E-state index contributed by atoms with van der Waals surface area (Å²) in [5.74, 6) is 0. The zero-order chi connectivity index (χ0) is 16.6. The molecule has 1 aromatic heterocycles. The van der Waals surface area contributed by atoms with Gasteiger partial charge >= 0.3 is 0 Å². The summed E-state index contributed by atoms with van der Waals surface area (Å²) >= 11 is 0. The molecule has 0 aliphatic rings. The zero-order valence-corrected chi connectivity index (χ0v) is 13.5. The molecule has 0 spiro atoms. The molecule has 25 heavy (non-hydrogen) atoms. The lowest BCUT2D eigenvalue weighted by Gasteiger charge is -2.05. The molecule has 5 rings (SSSR count). The fraction of sp³-hybridized carbons (Fsp3) is 0. The number of fused-ring (bicyclic) bond motifs is 2. The van der Waals surface area contributed by atoms with Gasteiger partial charge < -0.3 is 0 Å². The van der Waals surface area contributed by atoms with Crippen LogP contribution in [0.5, 0.6) is 0 Å². The quantitative estimate of drug-likeness (QED) is 0.445. The van der Waals surface area contributed by atoms with Gasteiger partial charge in [-0.25, -0.2) is 4.68 Å². The number of nitrogens with zero attached hydrogens (tertiary/aromatic N) is 3. The molecule has 0 atom stereocenters. The van der Waals surface area contributed by atoms with E-state index in [1.807, 2.05) is 16.9 Å². The van der Waals surface area contributed by atoms with Crippen molar-refractivity contribution < 1.29 is 0 Å². The Kier molecular flexibility index (Phi) is 3.10. The third-order valence-electron chi connectivity index (χ3n) is 4.57. The molecule has 0 aliphatic carbocycles. The van der Waals surface area contributed by atoms with Gasteiger partial charge in [-0.15, -0.1) is 5.10 Å². The maximum absolute atomic E-state index is 4.43. The van der Waals surface area contributed by atoms with E-state index in [1.54, 1.807) is 0 Å². The van der Waals surface area contributed by atoms with Crippen LogP contribution >= 0.6 is 0 Å². The normalized spacial score (nSPS) is 11.2. The Bertz CT molecular complexity index is 1100. The fourth-order valence-electron chi connectivity index (χ4n) is 3.36. The van der Waals surface area contributed by atoms with Crippen LogP contribution < -0.4 is 0 Å². The molecule has 1 heterocycles. The predicted molar refractivity (Wildman–Crippen MR) is 102 cm³/mol. The highest BCUT2D eigenvalue weighted by molar-refractivity contribution is 5.96. The second kappa shape index (κ2) is 5.56. The van der Waals surface area contributed by atoms with E-state index in [4.69, 9.17) is 0 Å². The highest BCUT2D eigenvalue weighted by Gasteiger charge is 2.10. The smallest absolute Gasteiger partial charge is 0.114 e. The maximum Gasteiger partial charge on any atom is 0.114 e. The zero-order valence-electron chi connectivity index (χ0n) is 13.5. The van der Waals surface area contributed by atoms with Gasteiger partial charge in [-0.2, -0.15) is 0 Å². The van der Waals surface area contributed by atoms with Crippen molar-refractivity contribution in [1.82, 2.24) is 15.0 Å². The first kappa shape index (κ1) is 13.9. The van der Waals surface area contributed by atoms with Gasteiger partial charge in [-0.05, 0) is 22.2 Å². The van der Waals surface area contributed by atoms with E-state index in [1.165, 1.54) is 21.5 Å². The highest BCUT2D eigenvalue weighted by Crippen LogP contribution is 2.28. The fourth-order valence-corrected chi connectivity index (χ4v) is 3.36. The van der Waals surface area contributed by atoms with Crippen molar-refractivity contribution in [3.63, 3.8) is 0 Å². The van der Waals surface area contributed by atoms with Gasteiger partial charge in [0.25, 0.3) is 0 Å². The molecule has 0 saturated heterocycles. The van der Waals surface area contributed by atoms with Gasteiger partial charge in [0.2, 0.25) is 0 Å². The SMILES string of the molecule is c1ccc2c(-c3cn(-c4cccc5ccccc45)nn3)cccc2c1. The lowest BCUT2D eigenvalue weighted by molar-refractivity contribution is 0.809. The Morgan fingerprint density at radius 3 is 2.08 bits per heavy atom. The summed E-state index contributed by atoms with van der Waals surface area (Å²) in [6.07, 6.45) is 2.00. The molecular formula is C22H15N3. The monoisotopic (exact) mass is 321 g/mol. The van der Waals surface area contributed by atoms with Crippen molar-refractivity contribution in [3.05, 3.63) is 91.1 Å². The molecule has 0 radical (unpaired) electrons. The average Bonchev–Trinajstić information content (AvgIpc) is 3.17. The topological polar surface area (TPSA) is 30.7 Å². The minimum absolute atomic E-state index is 0.879. The molecule has 0 saturated carbocycles. The van der Waals surface area contributed by atoms with Crippen LogP contribution in [0.3, 0.4) is 0 Å². The first-order valence-corrected chi connectivity index (χ1v) is 8.29. The average molecular weight is 321 g/mol. The van der Waals surface area contributed by atoms with Crippen LogP contribution in [0.25, 0.3) is 38.5 Å². The van der Waals surface area contributed by atoms with Gasteiger partial charge in [0, 0.05) is 10.9 Å². The minimum Gasteiger partial charge on any atom is -0.219 e. The van der Waals surface area contributed by atoms with E-state index in [0.29, 0.717) is 0 Å². The maximum atomic E-state index is 4.43. The number of hydrogen-bond donors (Lipinski definition) is 0. The van der Waals surface area contributed by atoms with Crippen LogP contribution in [0.2, 0.25) is 0 Å². The number of aromatic nitrogens is 3. The Labute approximate surface area is 145 Å². The molecule has 0 N–H and O–H groups in total. The van der Waals surface area contributed by atoms with E-state index in [0.717, 1.165) is 16.9 Å². The summed E-state index contributed by atoms with van der Waals surface area (Å²) < 4.78 is 1.86. The molecule has 0 unspecified atom stereocenters. The van der Waals surface area contributed by atoms with Gasteiger partial charge in [-0.1, -0.05) is 84.1 Å². The molecule has 0 fully saturated rings. The summed E-state index contributed by atoms with van der Waals surface area (Å²) in [5.41, 5.74) is 3.02. The molecule has 3 nitrogen and oxygen atoms in total. The minimum atomic E-state index is 0.879. The van der Waals surface area contributed by atoms with Crippen LogP contribution in [0.4, 0.5) is 0 Å². The summed E-state index contributed by atoms with van der Waals surface area (Å²) in [4.78, 5) is 0. The van der Waals surface area contributed by atoms with Gasteiger partial charge in [0.05, 0.1) is 11.9 Å². The summed E-state index contributed by atoms with van der Waals surface area (Å²) in [5, 5.41) is 13.6. The predicted octanol–water partition coefficient (Wildman–Crippen LogP) is 5.24. The van der Waals surface area contributed by atoms with Crippen LogP contribution in [0.15, 0.2) is 91.1 Å². The van der Waals surface area contributed by atoms with Crippen molar-refractivity contribution in [2.45, 2.75) is 0 Å². The third-order valence-corrected chi connectivity index (χ3v) is 4.57. The molecule has 118 valence electrons. The van der Waals surface area contributed by atoms with Crippen molar-refractivity contribution in [1.29, 1.82) is 0 Å². The van der Waals surface area contributed by atoms with Crippen LogP contribution in [0, 0.1) is 0 Å².